The molecule has 1 unspecified atom stereocenters. The summed E-state index contributed by atoms with van der Waals surface area (Å²) in [5.74, 6) is -1.02. The first kappa shape index (κ1) is 15.5. The first-order valence-corrected chi connectivity index (χ1v) is 7.28. The van der Waals surface area contributed by atoms with Gasteiger partial charge in [0.15, 0.2) is 0 Å². The SMILES string of the molecule is CCCC(NS(=O)(=O)c1ccccc1OC)C(=O)O. The Morgan fingerprint density at radius 1 is 1.42 bits per heavy atom. The number of benzene rings is 1. The molecule has 0 aromatic heterocycles. The molecule has 0 fully saturated rings. The van der Waals surface area contributed by atoms with Crippen LogP contribution in [0.3, 0.4) is 0 Å². The Morgan fingerprint density at radius 3 is 2.58 bits per heavy atom. The van der Waals surface area contributed by atoms with Crippen molar-refractivity contribution >= 4 is 16.0 Å². The second-order valence-corrected chi connectivity index (χ2v) is 5.63. The number of hydrogen-bond acceptors (Lipinski definition) is 4. The van der Waals surface area contributed by atoms with Gasteiger partial charge in [-0.05, 0) is 18.6 Å². The van der Waals surface area contributed by atoms with Crippen molar-refractivity contribution in [3.8, 4) is 5.75 Å². The van der Waals surface area contributed by atoms with Gasteiger partial charge in [0.25, 0.3) is 0 Å². The fraction of sp³-hybridized carbons (Fsp3) is 0.417. The molecule has 1 rings (SSSR count). The molecule has 1 atom stereocenters. The summed E-state index contributed by atoms with van der Waals surface area (Å²) in [5, 5.41) is 8.98. The summed E-state index contributed by atoms with van der Waals surface area (Å²) in [5.41, 5.74) is 0. The molecule has 1 aromatic rings. The molecule has 1 aromatic carbocycles. The van der Waals surface area contributed by atoms with Gasteiger partial charge in [-0.1, -0.05) is 25.5 Å². The minimum absolute atomic E-state index is 0.0696. The molecule has 0 radical (unpaired) electrons. The fourth-order valence-corrected chi connectivity index (χ4v) is 3.01. The molecule has 2 N–H and O–H groups in total. The summed E-state index contributed by atoms with van der Waals surface area (Å²) < 4.78 is 31.4. The van der Waals surface area contributed by atoms with Crippen molar-refractivity contribution in [2.75, 3.05) is 7.11 Å². The zero-order valence-corrected chi connectivity index (χ0v) is 11.6. The highest BCUT2D eigenvalue weighted by Gasteiger charge is 2.26. The van der Waals surface area contributed by atoms with E-state index in [1.807, 2.05) is 0 Å². The van der Waals surface area contributed by atoms with Crippen LogP contribution in [0, 0.1) is 0 Å². The lowest BCUT2D eigenvalue weighted by atomic mass is 10.2. The Hall–Kier alpha value is -1.60. The van der Waals surface area contributed by atoms with Crippen molar-refractivity contribution in [3.63, 3.8) is 0 Å². The van der Waals surface area contributed by atoms with E-state index < -0.39 is 22.0 Å². The number of sulfonamides is 1. The quantitative estimate of drug-likeness (QED) is 0.786. The zero-order valence-electron chi connectivity index (χ0n) is 10.8. The van der Waals surface area contributed by atoms with Crippen LogP contribution >= 0.6 is 0 Å². The van der Waals surface area contributed by atoms with E-state index in [4.69, 9.17) is 9.84 Å². The molecule has 7 heteroatoms. The number of carbonyl (C=O) groups is 1. The molecule has 0 saturated heterocycles. The van der Waals surface area contributed by atoms with Gasteiger partial charge in [-0.15, -0.1) is 0 Å². The Kier molecular flexibility index (Phi) is 5.31. The minimum atomic E-state index is -3.93. The summed E-state index contributed by atoms with van der Waals surface area (Å²) in [6.45, 7) is 1.79. The smallest absolute Gasteiger partial charge is 0.321 e. The highest BCUT2D eigenvalue weighted by atomic mass is 32.2. The standard InChI is InChI=1S/C12H17NO5S/c1-3-6-9(12(14)15)13-19(16,17)11-8-5-4-7-10(11)18-2/h4-5,7-9,13H,3,6H2,1-2H3,(H,14,15). The van der Waals surface area contributed by atoms with Crippen LogP contribution in [-0.4, -0.2) is 32.6 Å². The Balaban J connectivity index is 3.06. The fourth-order valence-electron chi connectivity index (χ4n) is 1.61. The number of methoxy groups -OCH3 is 1. The van der Waals surface area contributed by atoms with Crippen LogP contribution in [0.15, 0.2) is 29.2 Å². The third-order valence-corrected chi connectivity index (χ3v) is 4.04. The second-order valence-electron chi connectivity index (χ2n) is 3.95. The van der Waals surface area contributed by atoms with Gasteiger partial charge in [0.05, 0.1) is 7.11 Å². The van der Waals surface area contributed by atoms with Crippen molar-refractivity contribution in [2.24, 2.45) is 0 Å². The molecule has 0 amide bonds. The monoisotopic (exact) mass is 287 g/mol. The number of carboxylic acids is 1. The topological polar surface area (TPSA) is 92.7 Å². The van der Waals surface area contributed by atoms with E-state index in [1.54, 1.807) is 19.1 Å². The van der Waals surface area contributed by atoms with E-state index >= 15 is 0 Å². The zero-order chi connectivity index (χ0) is 14.5. The van der Waals surface area contributed by atoms with Gasteiger partial charge >= 0.3 is 5.97 Å². The van der Waals surface area contributed by atoms with Crippen LogP contribution in [-0.2, 0) is 14.8 Å². The number of rotatable bonds is 7. The summed E-state index contributed by atoms with van der Waals surface area (Å²) in [6, 6.07) is 4.92. The van der Waals surface area contributed by atoms with Crippen molar-refractivity contribution < 1.29 is 23.1 Å². The van der Waals surface area contributed by atoms with Crippen LogP contribution in [0.1, 0.15) is 19.8 Å². The molecule has 0 aliphatic rings. The van der Waals surface area contributed by atoms with Gasteiger partial charge in [-0.2, -0.15) is 4.72 Å². The predicted molar refractivity (Wildman–Crippen MR) is 69.6 cm³/mol. The average Bonchev–Trinajstić information content (AvgIpc) is 2.38. The van der Waals surface area contributed by atoms with Crippen molar-refractivity contribution in [2.45, 2.75) is 30.7 Å². The molecular weight excluding hydrogens is 270 g/mol. The summed E-state index contributed by atoms with van der Waals surface area (Å²) in [7, 11) is -2.57. The first-order valence-electron chi connectivity index (χ1n) is 5.80. The van der Waals surface area contributed by atoms with E-state index in [9.17, 15) is 13.2 Å². The lowest BCUT2D eigenvalue weighted by Crippen LogP contribution is -2.40. The van der Waals surface area contributed by atoms with E-state index in [0.29, 0.717) is 6.42 Å². The number of carboxylic acid groups (broad SMARTS) is 1. The van der Waals surface area contributed by atoms with E-state index in [0.717, 1.165) is 0 Å². The third kappa shape index (κ3) is 3.93. The Morgan fingerprint density at radius 2 is 2.05 bits per heavy atom. The third-order valence-electron chi connectivity index (χ3n) is 2.53. The van der Waals surface area contributed by atoms with Crippen molar-refractivity contribution in [1.82, 2.24) is 4.72 Å². The van der Waals surface area contributed by atoms with Gasteiger partial charge in [-0.3, -0.25) is 4.79 Å². The highest BCUT2D eigenvalue weighted by molar-refractivity contribution is 7.89. The van der Waals surface area contributed by atoms with E-state index in [2.05, 4.69) is 4.72 Å². The first-order chi connectivity index (χ1) is 8.92. The Labute approximate surface area is 112 Å². The number of hydrogen-bond donors (Lipinski definition) is 2. The number of ether oxygens (including phenoxy) is 1. The normalized spacial score (nSPS) is 12.9. The van der Waals surface area contributed by atoms with Crippen LogP contribution in [0.4, 0.5) is 0 Å². The molecule has 0 aliphatic carbocycles. The second kappa shape index (κ2) is 6.53. The lowest BCUT2D eigenvalue weighted by Gasteiger charge is -2.15. The molecule has 0 spiro atoms. The maximum Gasteiger partial charge on any atom is 0.321 e. The van der Waals surface area contributed by atoms with Crippen LogP contribution < -0.4 is 9.46 Å². The molecule has 0 bridgehead atoms. The van der Waals surface area contributed by atoms with Crippen molar-refractivity contribution in [1.29, 1.82) is 0 Å². The van der Waals surface area contributed by atoms with E-state index in [1.165, 1.54) is 19.2 Å². The van der Waals surface area contributed by atoms with E-state index in [-0.39, 0.29) is 17.1 Å². The summed E-state index contributed by atoms with van der Waals surface area (Å²) >= 11 is 0. The summed E-state index contributed by atoms with van der Waals surface area (Å²) in [6.07, 6.45) is 0.787. The maximum absolute atomic E-state index is 12.1. The predicted octanol–water partition coefficient (Wildman–Crippen LogP) is 1.23. The van der Waals surface area contributed by atoms with Gasteiger partial charge in [-0.25, -0.2) is 8.42 Å². The largest absolute Gasteiger partial charge is 0.495 e. The minimum Gasteiger partial charge on any atom is -0.495 e. The van der Waals surface area contributed by atoms with Gasteiger partial charge in [0.1, 0.15) is 16.7 Å². The molecule has 106 valence electrons. The number of nitrogens with one attached hydrogen (secondary N) is 1. The van der Waals surface area contributed by atoms with Crippen molar-refractivity contribution in [3.05, 3.63) is 24.3 Å². The van der Waals surface area contributed by atoms with Crippen LogP contribution in [0.2, 0.25) is 0 Å². The molecular formula is C12H17NO5S. The van der Waals surface area contributed by atoms with Crippen LogP contribution in [0.5, 0.6) is 5.75 Å². The molecule has 0 aliphatic heterocycles. The molecule has 6 nitrogen and oxygen atoms in total. The van der Waals surface area contributed by atoms with Gasteiger partial charge in [0.2, 0.25) is 10.0 Å². The van der Waals surface area contributed by atoms with Gasteiger partial charge < -0.3 is 9.84 Å². The van der Waals surface area contributed by atoms with Crippen LogP contribution in [0.25, 0.3) is 0 Å². The summed E-state index contributed by atoms with van der Waals surface area (Å²) in [4.78, 5) is 10.9. The lowest BCUT2D eigenvalue weighted by molar-refractivity contribution is -0.139. The molecule has 0 heterocycles. The highest BCUT2D eigenvalue weighted by Crippen LogP contribution is 2.23. The molecule has 19 heavy (non-hydrogen) atoms. The molecule has 0 saturated carbocycles. The van der Waals surface area contributed by atoms with Gasteiger partial charge in [0, 0.05) is 0 Å². The number of aliphatic carboxylic acids is 1. The average molecular weight is 287 g/mol. The Bertz CT molecular complexity index is 541. The maximum atomic E-state index is 12.1. The number of para-hydroxylation sites is 1.